The molecule has 0 aliphatic carbocycles. The average molecular weight is 310 g/mol. The molecule has 0 saturated carbocycles. The molecule has 1 saturated heterocycles. The number of nitrogens with zero attached hydrogens (tertiary/aromatic N) is 1. The number of rotatable bonds is 3. The predicted molar refractivity (Wildman–Crippen MR) is 77.9 cm³/mol. The molecule has 2 nitrogen and oxygen atoms in total. The molecule has 1 heterocycles. The largest absolute Gasteiger partial charge is 0.338 e. The zero-order valence-corrected chi connectivity index (χ0v) is 12.6. The number of likely N-dealkylation sites (tertiary alicyclic amines) is 1. The van der Waals surface area contributed by atoms with Gasteiger partial charge < -0.3 is 4.90 Å². The van der Waals surface area contributed by atoms with Gasteiger partial charge >= 0.3 is 0 Å². The molecule has 0 spiro atoms. The van der Waals surface area contributed by atoms with Crippen LogP contribution in [-0.2, 0) is 5.33 Å². The number of halogens is 1. The summed E-state index contributed by atoms with van der Waals surface area (Å²) in [5.74, 6) is 1.51. The molecule has 0 N–H and O–H groups in total. The highest BCUT2D eigenvalue weighted by Crippen LogP contribution is 2.25. The standard InChI is InChI=1S/C15H20BrNO/c1-11(2)14-7-8-17(10-14)15(18)13-5-3-12(9-16)4-6-13/h3-6,11,14H,7-10H2,1-2H3. The number of hydrogen-bond donors (Lipinski definition) is 0. The van der Waals surface area contributed by atoms with E-state index in [2.05, 4.69) is 29.8 Å². The van der Waals surface area contributed by atoms with Crippen molar-refractivity contribution in [2.45, 2.75) is 25.6 Å². The molecule has 1 aliphatic heterocycles. The van der Waals surface area contributed by atoms with Crippen LogP contribution in [0.15, 0.2) is 24.3 Å². The van der Waals surface area contributed by atoms with Gasteiger partial charge in [0, 0.05) is 24.0 Å². The maximum Gasteiger partial charge on any atom is 0.253 e. The third-order valence-corrected chi connectivity index (χ3v) is 4.46. The molecule has 18 heavy (non-hydrogen) atoms. The Kier molecular flexibility index (Phi) is 4.44. The molecule has 0 bridgehead atoms. The summed E-state index contributed by atoms with van der Waals surface area (Å²) >= 11 is 3.41. The van der Waals surface area contributed by atoms with Gasteiger partial charge in [-0.3, -0.25) is 4.79 Å². The summed E-state index contributed by atoms with van der Waals surface area (Å²) in [5.41, 5.74) is 2.01. The van der Waals surface area contributed by atoms with Gasteiger partial charge in [-0.15, -0.1) is 0 Å². The van der Waals surface area contributed by atoms with Crippen molar-refractivity contribution in [2.75, 3.05) is 13.1 Å². The van der Waals surface area contributed by atoms with Gasteiger partial charge in [0.2, 0.25) is 0 Å². The molecule has 1 amide bonds. The van der Waals surface area contributed by atoms with Crippen LogP contribution in [0.4, 0.5) is 0 Å². The van der Waals surface area contributed by atoms with E-state index in [1.807, 2.05) is 29.2 Å². The number of carbonyl (C=O) groups is 1. The van der Waals surface area contributed by atoms with Crippen LogP contribution in [0.3, 0.4) is 0 Å². The van der Waals surface area contributed by atoms with E-state index < -0.39 is 0 Å². The van der Waals surface area contributed by atoms with Gasteiger partial charge in [0.05, 0.1) is 0 Å². The van der Waals surface area contributed by atoms with Crippen molar-refractivity contribution in [3.05, 3.63) is 35.4 Å². The first-order valence-corrected chi connectivity index (χ1v) is 7.68. The van der Waals surface area contributed by atoms with E-state index in [9.17, 15) is 4.79 Å². The summed E-state index contributed by atoms with van der Waals surface area (Å²) < 4.78 is 0. The van der Waals surface area contributed by atoms with Crippen molar-refractivity contribution in [1.82, 2.24) is 4.90 Å². The second-order valence-electron chi connectivity index (χ2n) is 5.37. The number of alkyl halides is 1. The molecular formula is C15H20BrNO. The third-order valence-electron chi connectivity index (χ3n) is 3.81. The van der Waals surface area contributed by atoms with Gasteiger partial charge in [-0.05, 0) is 36.0 Å². The van der Waals surface area contributed by atoms with Gasteiger partial charge in [0.15, 0.2) is 0 Å². The minimum atomic E-state index is 0.180. The molecule has 1 aromatic carbocycles. The topological polar surface area (TPSA) is 20.3 Å². The number of amides is 1. The van der Waals surface area contributed by atoms with Crippen LogP contribution in [0.5, 0.6) is 0 Å². The summed E-state index contributed by atoms with van der Waals surface area (Å²) in [5, 5.41) is 0.834. The zero-order valence-electron chi connectivity index (χ0n) is 11.0. The van der Waals surface area contributed by atoms with Crippen LogP contribution in [-0.4, -0.2) is 23.9 Å². The van der Waals surface area contributed by atoms with E-state index in [0.717, 1.165) is 30.4 Å². The molecule has 98 valence electrons. The number of carbonyl (C=O) groups excluding carboxylic acids is 1. The second kappa shape index (κ2) is 5.87. The van der Waals surface area contributed by atoms with Crippen molar-refractivity contribution < 1.29 is 4.79 Å². The lowest BCUT2D eigenvalue weighted by molar-refractivity contribution is 0.0784. The first-order chi connectivity index (χ1) is 8.61. The predicted octanol–water partition coefficient (Wildman–Crippen LogP) is 3.70. The number of benzene rings is 1. The van der Waals surface area contributed by atoms with E-state index in [1.54, 1.807) is 0 Å². The molecule has 2 rings (SSSR count). The molecular weight excluding hydrogens is 290 g/mol. The molecule has 1 fully saturated rings. The summed E-state index contributed by atoms with van der Waals surface area (Å²) in [7, 11) is 0. The summed E-state index contributed by atoms with van der Waals surface area (Å²) in [6, 6.07) is 7.89. The Bertz CT molecular complexity index is 413. The Labute approximate surface area is 117 Å². The highest BCUT2D eigenvalue weighted by atomic mass is 79.9. The van der Waals surface area contributed by atoms with Crippen molar-refractivity contribution >= 4 is 21.8 Å². The van der Waals surface area contributed by atoms with Crippen LogP contribution < -0.4 is 0 Å². The highest BCUT2D eigenvalue weighted by Gasteiger charge is 2.28. The number of hydrogen-bond acceptors (Lipinski definition) is 1. The molecule has 0 radical (unpaired) electrons. The summed E-state index contributed by atoms with van der Waals surface area (Å²) in [6.45, 7) is 6.30. The fourth-order valence-electron chi connectivity index (χ4n) is 2.43. The van der Waals surface area contributed by atoms with E-state index in [0.29, 0.717) is 11.8 Å². The fraction of sp³-hybridized carbons (Fsp3) is 0.533. The van der Waals surface area contributed by atoms with E-state index >= 15 is 0 Å². The molecule has 1 aromatic rings. The fourth-order valence-corrected chi connectivity index (χ4v) is 2.81. The normalized spacial score (nSPS) is 19.6. The van der Waals surface area contributed by atoms with Gasteiger partial charge in [-0.25, -0.2) is 0 Å². The molecule has 0 aromatic heterocycles. The molecule has 1 unspecified atom stereocenters. The van der Waals surface area contributed by atoms with Crippen LogP contribution in [0.25, 0.3) is 0 Å². The first kappa shape index (κ1) is 13.6. The van der Waals surface area contributed by atoms with Crippen LogP contribution in [0, 0.1) is 11.8 Å². The second-order valence-corrected chi connectivity index (χ2v) is 5.94. The molecule has 1 atom stereocenters. The quantitative estimate of drug-likeness (QED) is 0.780. The lowest BCUT2D eigenvalue weighted by Crippen LogP contribution is -2.29. The maximum absolute atomic E-state index is 12.3. The highest BCUT2D eigenvalue weighted by molar-refractivity contribution is 9.08. The Morgan fingerprint density at radius 3 is 2.56 bits per heavy atom. The molecule has 1 aliphatic rings. The smallest absolute Gasteiger partial charge is 0.253 e. The van der Waals surface area contributed by atoms with Crippen LogP contribution in [0.2, 0.25) is 0 Å². The Balaban J connectivity index is 2.03. The third kappa shape index (κ3) is 2.94. The first-order valence-electron chi connectivity index (χ1n) is 6.56. The monoisotopic (exact) mass is 309 g/mol. The van der Waals surface area contributed by atoms with Crippen molar-refractivity contribution in [1.29, 1.82) is 0 Å². The lowest BCUT2D eigenvalue weighted by atomic mass is 9.95. The Hall–Kier alpha value is -0.830. The van der Waals surface area contributed by atoms with Gasteiger partial charge in [-0.2, -0.15) is 0 Å². The van der Waals surface area contributed by atoms with Crippen molar-refractivity contribution in [3.63, 3.8) is 0 Å². The minimum Gasteiger partial charge on any atom is -0.338 e. The SMILES string of the molecule is CC(C)C1CCN(C(=O)c2ccc(CBr)cc2)C1. The molecule has 3 heteroatoms. The lowest BCUT2D eigenvalue weighted by Gasteiger charge is -2.18. The van der Waals surface area contributed by atoms with E-state index in [4.69, 9.17) is 0 Å². The van der Waals surface area contributed by atoms with Gasteiger partial charge in [0.1, 0.15) is 0 Å². The zero-order chi connectivity index (χ0) is 13.1. The van der Waals surface area contributed by atoms with Crippen LogP contribution in [0.1, 0.15) is 36.2 Å². The van der Waals surface area contributed by atoms with Crippen LogP contribution >= 0.6 is 15.9 Å². The minimum absolute atomic E-state index is 0.180. The van der Waals surface area contributed by atoms with Gasteiger partial charge in [0.25, 0.3) is 5.91 Å². The average Bonchev–Trinajstić information content (AvgIpc) is 2.88. The maximum atomic E-state index is 12.3. The van der Waals surface area contributed by atoms with Crippen molar-refractivity contribution in [2.24, 2.45) is 11.8 Å². The Morgan fingerprint density at radius 2 is 2.06 bits per heavy atom. The van der Waals surface area contributed by atoms with E-state index in [-0.39, 0.29) is 5.91 Å². The summed E-state index contributed by atoms with van der Waals surface area (Å²) in [4.78, 5) is 14.3. The summed E-state index contributed by atoms with van der Waals surface area (Å²) in [6.07, 6.45) is 1.14. The van der Waals surface area contributed by atoms with Crippen molar-refractivity contribution in [3.8, 4) is 0 Å². The Morgan fingerprint density at radius 1 is 1.39 bits per heavy atom. The van der Waals surface area contributed by atoms with Gasteiger partial charge in [-0.1, -0.05) is 41.9 Å². The van der Waals surface area contributed by atoms with E-state index in [1.165, 1.54) is 5.56 Å².